The Morgan fingerprint density at radius 2 is 2.06 bits per heavy atom. The first-order valence-corrected chi connectivity index (χ1v) is 8.66. The van der Waals surface area contributed by atoms with Gasteiger partial charge in [-0.15, -0.1) is 11.8 Å². The summed E-state index contributed by atoms with van der Waals surface area (Å²) < 4.78 is -0.0880. The molecule has 2 rings (SSSR count). The number of hydrogen-bond acceptors (Lipinski definition) is 3. The Morgan fingerprint density at radius 3 is 2.61 bits per heavy atom. The third-order valence-corrected chi connectivity index (χ3v) is 6.33. The van der Waals surface area contributed by atoms with E-state index in [-0.39, 0.29) is 4.75 Å². The van der Waals surface area contributed by atoms with Crippen molar-refractivity contribution in [3.05, 3.63) is 0 Å². The zero-order valence-corrected chi connectivity index (χ0v) is 12.6. The van der Waals surface area contributed by atoms with Gasteiger partial charge in [0.15, 0.2) is 0 Å². The fraction of sp³-hybridized carbons (Fsp3) is 0.933. The highest BCUT2D eigenvalue weighted by molar-refractivity contribution is 8.00. The molecule has 0 radical (unpaired) electrons. The quantitative estimate of drug-likeness (QED) is 0.780. The fourth-order valence-electron chi connectivity index (χ4n) is 3.58. The maximum absolute atomic E-state index is 9.33. The maximum atomic E-state index is 9.33. The average Bonchev–Trinajstić information content (AvgIpc) is 2.47. The van der Waals surface area contributed by atoms with Crippen molar-refractivity contribution in [2.45, 2.75) is 62.7 Å². The highest BCUT2D eigenvalue weighted by Gasteiger charge is 2.36. The molecule has 2 atom stereocenters. The Bertz CT molecular complexity index is 302. The van der Waals surface area contributed by atoms with Crippen LogP contribution in [0.15, 0.2) is 0 Å². The molecule has 0 aromatic carbocycles. The van der Waals surface area contributed by atoms with Gasteiger partial charge in [-0.25, -0.2) is 0 Å². The van der Waals surface area contributed by atoms with Crippen LogP contribution in [0.2, 0.25) is 0 Å². The van der Waals surface area contributed by atoms with Crippen LogP contribution < -0.4 is 0 Å². The Kier molecular flexibility index (Phi) is 4.98. The topological polar surface area (TPSA) is 27.0 Å². The Labute approximate surface area is 116 Å². The molecule has 0 aromatic heterocycles. The van der Waals surface area contributed by atoms with E-state index >= 15 is 0 Å². The first kappa shape index (κ1) is 14.2. The van der Waals surface area contributed by atoms with Crippen LogP contribution >= 0.6 is 11.8 Å². The minimum absolute atomic E-state index is 0.0880. The number of rotatable bonds is 3. The molecule has 2 fully saturated rings. The minimum atomic E-state index is -0.0880. The number of piperidine rings is 1. The van der Waals surface area contributed by atoms with Crippen molar-refractivity contribution < 1.29 is 0 Å². The van der Waals surface area contributed by atoms with E-state index in [2.05, 4.69) is 24.1 Å². The molecule has 2 aliphatic rings. The molecule has 0 amide bonds. The van der Waals surface area contributed by atoms with Gasteiger partial charge in [-0.05, 0) is 37.9 Å². The van der Waals surface area contributed by atoms with Crippen molar-refractivity contribution in [2.75, 3.05) is 19.3 Å². The lowest BCUT2D eigenvalue weighted by Crippen LogP contribution is -2.47. The number of nitriles is 1. The van der Waals surface area contributed by atoms with Gasteiger partial charge in [-0.1, -0.05) is 26.2 Å². The monoisotopic (exact) mass is 266 g/mol. The van der Waals surface area contributed by atoms with E-state index in [4.69, 9.17) is 0 Å². The van der Waals surface area contributed by atoms with E-state index in [1.165, 1.54) is 32.1 Å². The van der Waals surface area contributed by atoms with Crippen LogP contribution in [0.5, 0.6) is 0 Å². The van der Waals surface area contributed by atoms with E-state index in [9.17, 15) is 5.26 Å². The van der Waals surface area contributed by atoms with Crippen molar-refractivity contribution in [2.24, 2.45) is 5.92 Å². The molecule has 0 N–H and O–H groups in total. The minimum Gasteiger partial charge on any atom is -0.300 e. The molecular weight excluding hydrogens is 240 g/mol. The summed E-state index contributed by atoms with van der Waals surface area (Å²) in [6, 6.07) is 3.35. The fourth-order valence-corrected chi connectivity index (χ4v) is 4.26. The Balaban J connectivity index is 1.88. The summed E-state index contributed by atoms with van der Waals surface area (Å²) in [6.07, 6.45) is 11.2. The summed E-state index contributed by atoms with van der Waals surface area (Å²) >= 11 is 1.76. The van der Waals surface area contributed by atoms with Crippen molar-refractivity contribution in [1.29, 1.82) is 5.26 Å². The largest absolute Gasteiger partial charge is 0.300 e. The number of nitrogens with zero attached hydrogens (tertiary/aromatic N) is 2. The van der Waals surface area contributed by atoms with Gasteiger partial charge in [0.2, 0.25) is 0 Å². The molecule has 0 aromatic rings. The summed E-state index contributed by atoms with van der Waals surface area (Å²) in [4.78, 5) is 2.67. The zero-order chi connectivity index (χ0) is 13.0. The van der Waals surface area contributed by atoms with E-state index in [1.54, 1.807) is 11.8 Å². The average molecular weight is 266 g/mol. The second kappa shape index (κ2) is 6.30. The van der Waals surface area contributed by atoms with Crippen molar-refractivity contribution >= 4 is 11.8 Å². The van der Waals surface area contributed by atoms with Crippen LogP contribution in [0.1, 0.15) is 51.9 Å². The third-order valence-electron chi connectivity index (χ3n) is 5.05. The molecule has 0 spiro atoms. The summed E-state index contributed by atoms with van der Waals surface area (Å²) in [6.45, 7) is 4.60. The highest BCUT2D eigenvalue weighted by atomic mass is 32.2. The van der Waals surface area contributed by atoms with Crippen molar-refractivity contribution in [3.63, 3.8) is 0 Å². The van der Waals surface area contributed by atoms with E-state index in [0.29, 0.717) is 0 Å². The summed E-state index contributed by atoms with van der Waals surface area (Å²) in [7, 11) is 0. The van der Waals surface area contributed by atoms with E-state index in [1.807, 2.05) is 0 Å². The van der Waals surface area contributed by atoms with Gasteiger partial charge in [0.1, 0.15) is 4.75 Å². The number of hydrogen-bond donors (Lipinski definition) is 0. The molecule has 1 aliphatic carbocycles. The summed E-state index contributed by atoms with van der Waals surface area (Å²) in [5.41, 5.74) is 0. The lowest BCUT2D eigenvalue weighted by molar-refractivity contribution is 0.103. The molecule has 102 valence electrons. The molecule has 1 aliphatic heterocycles. The highest BCUT2D eigenvalue weighted by Crippen LogP contribution is 2.37. The lowest BCUT2D eigenvalue weighted by Gasteiger charge is -2.43. The predicted molar refractivity (Wildman–Crippen MR) is 78.7 cm³/mol. The summed E-state index contributed by atoms with van der Waals surface area (Å²) in [5, 5.41) is 9.33. The Hall–Kier alpha value is -0.200. The van der Waals surface area contributed by atoms with Gasteiger partial charge in [-0.2, -0.15) is 5.26 Å². The van der Waals surface area contributed by atoms with Crippen LogP contribution in [0.4, 0.5) is 0 Å². The van der Waals surface area contributed by atoms with Gasteiger partial charge in [0.05, 0.1) is 6.07 Å². The summed E-state index contributed by atoms with van der Waals surface area (Å²) in [5.74, 6) is 0.951. The molecule has 3 heteroatoms. The van der Waals surface area contributed by atoms with Crippen LogP contribution in [-0.4, -0.2) is 35.0 Å². The third kappa shape index (κ3) is 3.03. The van der Waals surface area contributed by atoms with Gasteiger partial charge >= 0.3 is 0 Å². The number of thioether (sulfide) groups is 1. The molecule has 1 heterocycles. The SMILES string of the molecule is CCC1CCCC(N2CCC(C#N)(SC)CC2)C1. The van der Waals surface area contributed by atoms with E-state index < -0.39 is 0 Å². The lowest BCUT2D eigenvalue weighted by atomic mass is 9.82. The van der Waals surface area contributed by atoms with Crippen molar-refractivity contribution in [3.8, 4) is 6.07 Å². The van der Waals surface area contributed by atoms with E-state index in [0.717, 1.165) is 37.9 Å². The first-order chi connectivity index (χ1) is 8.73. The smallest absolute Gasteiger partial charge is 0.104 e. The normalized spacial score (nSPS) is 32.9. The standard InChI is InChI=1S/C15H26N2S/c1-3-13-5-4-6-14(11-13)17-9-7-15(12-16,18-2)8-10-17/h13-14H,3-11H2,1-2H3. The van der Waals surface area contributed by atoms with Crippen molar-refractivity contribution in [1.82, 2.24) is 4.90 Å². The Morgan fingerprint density at radius 1 is 1.33 bits per heavy atom. The van der Waals surface area contributed by atoms with Crippen LogP contribution in [0, 0.1) is 17.2 Å². The van der Waals surface area contributed by atoms with Crippen LogP contribution in [0.3, 0.4) is 0 Å². The van der Waals surface area contributed by atoms with Gasteiger partial charge < -0.3 is 4.90 Å². The van der Waals surface area contributed by atoms with Gasteiger partial charge in [0.25, 0.3) is 0 Å². The van der Waals surface area contributed by atoms with Gasteiger partial charge in [-0.3, -0.25) is 0 Å². The first-order valence-electron chi connectivity index (χ1n) is 7.43. The molecule has 1 saturated carbocycles. The molecule has 2 unspecified atom stereocenters. The second-order valence-corrected chi connectivity index (χ2v) is 7.13. The molecular formula is C15H26N2S. The predicted octanol–water partition coefficient (Wildman–Crippen LogP) is 3.68. The number of likely N-dealkylation sites (tertiary alicyclic amines) is 1. The maximum Gasteiger partial charge on any atom is 0.104 e. The van der Waals surface area contributed by atoms with Gasteiger partial charge in [0, 0.05) is 19.1 Å². The second-order valence-electron chi connectivity index (χ2n) is 5.94. The molecule has 1 saturated heterocycles. The molecule has 2 nitrogen and oxygen atoms in total. The zero-order valence-electron chi connectivity index (χ0n) is 11.8. The molecule has 18 heavy (non-hydrogen) atoms. The van der Waals surface area contributed by atoms with Crippen LogP contribution in [-0.2, 0) is 0 Å². The van der Waals surface area contributed by atoms with Crippen LogP contribution in [0.25, 0.3) is 0 Å². The molecule has 0 bridgehead atoms.